The maximum absolute atomic E-state index is 12.6. The molecule has 0 aromatic heterocycles. The average Bonchev–Trinajstić information content (AvgIpc) is 2.61. The molecule has 0 bridgehead atoms. The fraction of sp³-hybridized carbons (Fsp3) is 0.364. The van der Waals surface area contributed by atoms with Crippen LogP contribution in [-0.2, 0) is 14.3 Å². The third-order valence-electron chi connectivity index (χ3n) is 4.91. The highest BCUT2D eigenvalue weighted by atomic mass is 16.7. The molecule has 6 nitrogen and oxygen atoms in total. The van der Waals surface area contributed by atoms with Gasteiger partial charge in [0.05, 0.1) is 12.0 Å². The zero-order chi connectivity index (χ0) is 20.1. The molecule has 1 amide bonds. The van der Waals surface area contributed by atoms with Crippen LogP contribution in [0.3, 0.4) is 0 Å². The molecule has 2 aromatic rings. The van der Waals surface area contributed by atoms with E-state index < -0.39 is 17.7 Å². The predicted octanol–water partition coefficient (Wildman–Crippen LogP) is 3.92. The SMILES string of the molecule is Cc1cc(C)cc(NC(=O)CC2(C(=O)O)CCOC(Oc3ccccc3)C2)c1. The van der Waals surface area contributed by atoms with Crippen LogP contribution in [0.15, 0.2) is 48.5 Å². The molecule has 2 unspecified atom stereocenters. The second-order valence-corrected chi connectivity index (χ2v) is 7.37. The minimum atomic E-state index is -1.22. The van der Waals surface area contributed by atoms with Crippen molar-refractivity contribution >= 4 is 17.6 Å². The largest absolute Gasteiger partial charge is 0.481 e. The van der Waals surface area contributed by atoms with Crippen molar-refractivity contribution in [3.05, 3.63) is 59.7 Å². The second kappa shape index (κ2) is 8.44. The van der Waals surface area contributed by atoms with Gasteiger partial charge in [0, 0.05) is 18.5 Å². The number of para-hydroxylation sites is 1. The van der Waals surface area contributed by atoms with Crippen molar-refractivity contribution in [3.8, 4) is 5.75 Å². The van der Waals surface area contributed by atoms with E-state index in [0.717, 1.165) is 11.1 Å². The van der Waals surface area contributed by atoms with E-state index in [9.17, 15) is 14.7 Å². The van der Waals surface area contributed by atoms with Crippen LogP contribution < -0.4 is 10.1 Å². The van der Waals surface area contributed by atoms with E-state index in [1.807, 2.05) is 50.2 Å². The molecule has 2 atom stereocenters. The standard InChI is InChI=1S/C22H25NO5/c1-15-10-16(2)12-17(11-15)23-19(24)13-22(21(25)26)8-9-27-20(14-22)28-18-6-4-3-5-7-18/h3-7,10-12,20H,8-9,13-14H2,1-2H3,(H,23,24)(H,25,26). The Bertz CT molecular complexity index is 831. The number of hydrogen-bond acceptors (Lipinski definition) is 4. The number of hydrogen-bond donors (Lipinski definition) is 2. The van der Waals surface area contributed by atoms with E-state index >= 15 is 0 Å². The normalized spacial score (nSPS) is 21.7. The topological polar surface area (TPSA) is 84.9 Å². The highest BCUT2D eigenvalue weighted by Gasteiger charge is 2.46. The van der Waals surface area contributed by atoms with Gasteiger partial charge in [0.1, 0.15) is 5.75 Å². The fourth-order valence-corrected chi connectivity index (χ4v) is 3.58. The van der Waals surface area contributed by atoms with Gasteiger partial charge in [-0.3, -0.25) is 9.59 Å². The first kappa shape index (κ1) is 19.9. The summed E-state index contributed by atoms with van der Waals surface area (Å²) in [7, 11) is 0. The summed E-state index contributed by atoms with van der Waals surface area (Å²) in [4.78, 5) is 24.7. The highest BCUT2D eigenvalue weighted by Crippen LogP contribution is 2.38. The molecule has 0 spiro atoms. The lowest BCUT2D eigenvalue weighted by atomic mass is 9.76. The van der Waals surface area contributed by atoms with E-state index in [1.165, 1.54) is 0 Å². The van der Waals surface area contributed by atoms with Gasteiger partial charge >= 0.3 is 5.97 Å². The van der Waals surface area contributed by atoms with Crippen LogP contribution in [0.25, 0.3) is 0 Å². The molecule has 0 saturated carbocycles. The monoisotopic (exact) mass is 383 g/mol. The van der Waals surface area contributed by atoms with Crippen molar-refractivity contribution in [1.82, 2.24) is 0 Å². The molecule has 148 valence electrons. The number of amides is 1. The summed E-state index contributed by atoms with van der Waals surface area (Å²) in [5, 5.41) is 12.7. The second-order valence-electron chi connectivity index (χ2n) is 7.37. The van der Waals surface area contributed by atoms with Gasteiger partial charge in [0.2, 0.25) is 12.2 Å². The lowest BCUT2D eigenvalue weighted by molar-refractivity contribution is -0.179. The maximum Gasteiger partial charge on any atom is 0.310 e. The molecule has 2 N–H and O–H groups in total. The summed E-state index contributed by atoms with van der Waals surface area (Å²) in [5.41, 5.74) is 1.52. The summed E-state index contributed by atoms with van der Waals surface area (Å²) < 4.78 is 11.4. The third-order valence-corrected chi connectivity index (χ3v) is 4.91. The Morgan fingerprint density at radius 1 is 1.18 bits per heavy atom. The van der Waals surface area contributed by atoms with Gasteiger partial charge < -0.3 is 19.9 Å². The zero-order valence-electron chi connectivity index (χ0n) is 16.1. The Morgan fingerprint density at radius 2 is 1.86 bits per heavy atom. The minimum Gasteiger partial charge on any atom is -0.481 e. The first-order valence-corrected chi connectivity index (χ1v) is 9.31. The van der Waals surface area contributed by atoms with E-state index in [1.54, 1.807) is 12.1 Å². The van der Waals surface area contributed by atoms with Crippen LogP contribution in [-0.4, -0.2) is 29.9 Å². The Morgan fingerprint density at radius 3 is 2.50 bits per heavy atom. The molecule has 28 heavy (non-hydrogen) atoms. The number of nitrogens with one attached hydrogen (secondary N) is 1. The van der Waals surface area contributed by atoms with E-state index in [2.05, 4.69) is 5.32 Å². The van der Waals surface area contributed by atoms with Crippen LogP contribution >= 0.6 is 0 Å². The third kappa shape index (κ3) is 4.89. The predicted molar refractivity (Wildman–Crippen MR) is 105 cm³/mol. The highest BCUT2D eigenvalue weighted by molar-refractivity contribution is 5.94. The van der Waals surface area contributed by atoms with Crippen molar-refractivity contribution in [1.29, 1.82) is 0 Å². The van der Waals surface area contributed by atoms with E-state index in [-0.39, 0.29) is 31.8 Å². The number of carboxylic acids is 1. The van der Waals surface area contributed by atoms with Gasteiger partial charge in [-0.2, -0.15) is 0 Å². The summed E-state index contributed by atoms with van der Waals surface area (Å²) in [6, 6.07) is 14.8. The number of benzene rings is 2. The molecule has 1 heterocycles. The molecule has 1 fully saturated rings. The molecule has 1 aliphatic rings. The maximum atomic E-state index is 12.6. The van der Waals surface area contributed by atoms with Crippen LogP contribution in [0.5, 0.6) is 5.75 Å². The van der Waals surface area contributed by atoms with Crippen molar-refractivity contribution in [2.24, 2.45) is 5.41 Å². The molecular weight excluding hydrogens is 358 g/mol. The summed E-state index contributed by atoms with van der Waals surface area (Å²) in [6.45, 7) is 4.12. The van der Waals surface area contributed by atoms with Crippen molar-refractivity contribution in [3.63, 3.8) is 0 Å². The molecule has 6 heteroatoms. The van der Waals surface area contributed by atoms with Gasteiger partial charge in [0.25, 0.3) is 0 Å². The van der Waals surface area contributed by atoms with Crippen molar-refractivity contribution < 1.29 is 24.2 Å². The van der Waals surface area contributed by atoms with Crippen LogP contribution in [0, 0.1) is 19.3 Å². The quantitative estimate of drug-likeness (QED) is 0.790. The number of aliphatic carboxylic acids is 1. The van der Waals surface area contributed by atoms with E-state index in [4.69, 9.17) is 9.47 Å². The Hall–Kier alpha value is -2.86. The first-order chi connectivity index (χ1) is 13.4. The molecule has 2 aromatic carbocycles. The van der Waals surface area contributed by atoms with Gasteiger partial charge in [-0.25, -0.2) is 0 Å². The van der Waals surface area contributed by atoms with Crippen molar-refractivity contribution in [2.75, 3.05) is 11.9 Å². The van der Waals surface area contributed by atoms with E-state index in [0.29, 0.717) is 11.4 Å². The van der Waals surface area contributed by atoms with Gasteiger partial charge in [0.15, 0.2) is 0 Å². The number of carbonyl (C=O) groups excluding carboxylic acids is 1. The zero-order valence-corrected chi connectivity index (χ0v) is 16.1. The minimum absolute atomic E-state index is 0.109. The number of carboxylic acid groups (broad SMARTS) is 1. The summed E-state index contributed by atoms with van der Waals surface area (Å²) in [5.74, 6) is -0.728. The Labute approximate surface area is 164 Å². The summed E-state index contributed by atoms with van der Waals surface area (Å²) >= 11 is 0. The molecular formula is C22H25NO5. The van der Waals surface area contributed by atoms with Gasteiger partial charge in [-0.15, -0.1) is 0 Å². The van der Waals surface area contributed by atoms with Crippen LogP contribution in [0.4, 0.5) is 5.69 Å². The summed E-state index contributed by atoms with van der Waals surface area (Å²) in [6.07, 6.45) is -0.469. The average molecular weight is 383 g/mol. The molecule has 1 aliphatic heterocycles. The number of rotatable bonds is 6. The molecule has 0 radical (unpaired) electrons. The number of aryl methyl sites for hydroxylation is 2. The molecule has 3 rings (SSSR count). The molecule has 0 aliphatic carbocycles. The van der Waals surface area contributed by atoms with Gasteiger partial charge in [-0.1, -0.05) is 24.3 Å². The van der Waals surface area contributed by atoms with Crippen LogP contribution in [0.2, 0.25) is 0 Å². The van der Waals surface area contributed by atoms with Crippen LogP contribution in [0.1, 0.15) is 30.4 Å². The number of carbonyl (C=O) groups is 2. The lowest BCUT2D eigenvalue weighted by Gasteiger charge is -2.37. The lowest BCUT2D eigenvalue weighted by Crippen LogP contribution is -2.45. The van der Waals surface area contributed by atoms with Crippen molar-refractivity contribution in [2.45, 2.75) is 39.4 Å². The first-order valence-electron chi connectivity index (χ1n) is 9.31. The Balaban J connectivity index is 1.70. The smallest absolute Gasteiger partial charge is 0.310 e. The number of ether oxygens (including phenoxy) is 2. The fourth-order valence-electron chi connectivity index (χ4n) is 3.58. The Kier molecular flexibility index (Phi) is 5.99. The molecule has 1 saturated heterocycles. The number of anilines is 1. The van der Waals surface area contributed by atoms with Gasteiger partial charge in [-0.05, 0) is 55.7 Å².